The first kappa shape index (κ1) is 18.5. The SMILES string of the molecule is O=C(NC(=S)Nc1nc2ccc([N+](=O)[O-])cc2s1)c1cc(Cl)ccc1Cl. The van der Waals surface area contributed by atoms with Gasteiger partial charge in [0.05, 0.1) is 25.7 Å². The zero-order valence-electron chi connectivity index (χ0n) is 12.7. The number of thiocarbonyl (C=S) groups is 1. The maximum absolute atomic E-state index is 12.2. The lowest BCUT2D eigenvalue weighted by atomic mass is 10.2. The molecule has 0 saturated heterocycles. The van der Waals surface area contributed by atoms with Gasteiger partial charge in [0.1, 0.15) is 0 Å². The number of aromatic nitrogens is 1. The summed E-state index contributed by atoms with van der Waals surface area (Å²) in [6, 6.07) is 8.84. The lowest BCUT2D eigenvalue weighted by Gasteiger charge is -2.08. The van der Waals surface area contributed by atoms with Gasteiger partial charge in [-0.15, -0.1) is 0 Å². The molecule has 1 heterocycles. The number of benzene rings is 2. The van der Waals surface area contributed by atoms with E-state index in [4.69, 9.17) is 35.4 Å². The van der Waals surface area contributed by atoms with Gasteiger partial charge in [0.25, 0.3) is 11.6 Å². The van der Waals surface area contributed by atoms with Crippen LogP contribution in [0.1, 0.15) is 10.4 Å². The van der Waals surface area contributed by atoms with Crippen LogP contribution in [0.25, 0.3) is 10.2 Å². The minimum absolute atomic E-state index is 0.0135. The third kappa shape index (κ3) is 4.07. The van der Waals surface area contributed by atoms with E-state index in [9.17, 15) is 14.9 Å². The van der Waals surface area contributed by atoms with Gasteiger partial charge in [-0.1, -0.05) is 34.5 Å². The van der Waals surface area contributed by atoms with E-state index in [-0.39, 0.29) is 21.4 Å². The van der Waals surface area contributed by atoms with Crippen molar-refractivity contribution < 1.29 is 9.72 Å². The fraction of sp³-hybridized carbons (Fsp3) is 0. The van der Waals surface area contributed by atoms with E-state index in [1.165, 1.54) is 35.6 Å². The Bertz CT molecular complexity index is 1050. The van der Waals surface area contributed by atoms with Gasteiger partial charge in [-0.05, 0) is 36.5 Å². The zero-order valence-corrected chi connectivity index (χ0v) is 15.8. The second-order valence-corrected chi connectivity index (χ2v) is 7.24. The van der Waals surface area contributed by atoms with Crippen LogP contribution in [0.2, 0.25) is 10.0 Å². The van der Waals surface area contributed by atoms with Gasteiger partial charge in [0.2, 0.25) is 0 Å². The van der Waals surface area contributed by atoms with Crippen molar-refractivity contribution in [2.75, 3.05) is 5.32 Å². The van der Waals surface area contributed by atoms with Crippen molar-refractivity contribution in [2.45, 2.75) is 0 Å². The number of nitrogens with one attached hydrogen (secondary N) is 2. The van der Waals surface area contributed by atoms with Crippen LogP contribution in [0, 0.1) is 10.1 Å². The molecule has 0 fully saturated rings. The summed E-state index contributed by atoms with van der Waals surface area (Å²) >= 11 is 18.1. The van der Waals surface area contributed by atoms with Crippen molar-refractivity contribution in [3.8, 4) is 0 Å². The average molecular weight is 427 g/mol. The Morgan fingerprint density at radius 1 is 1.23 bits per heavy atom. The number of rotatable bonds is 3. The third-order valence-electron chi connectivity index (χ3n) is 3.20. The van der Waals surface area contributed by atoms with Gasteiger partial charge >= 0.3 is 0 Å². The third-order valence-corrected chi connectivity index (χ3v) is 4.91. The highest BCUT2D eigenvalue weighted by molar-refractivity contribution is 7.80. The van der Waals surface area contributed by atoms with Crippen molar-refractivity contribution in [3.05, 3.63) is 62.1 Å². The van der Waals surface area contributed by atoms with E-state index in [0.717, 1.165) is 0 Å². The predicted octanol–water partition coefficient (Wildman–Crippen LogP) is 4.64. The number of nitrogens with zero attached hydrogens (tertiary/aromatic N) is 2. The van der Waals surface area contributed by atoms with Crippen LogP contribution in [-0.4, -0.2) is 20.9 Å². The van der Waals surface area contributed by atoms with Crippen molar-refractivity contribution >= 4 is 78.8 Å². The van der Waals surface area contributed by atoms with Crippen LogP contribution in [0.3, 0.4) is 0 Å². The molecule has 3 rings (SSSR count). The molecular formula is C15H8Cl2N4O3S2. The molecule has 0 aliphatic carbocycles. The molecule has 0 saturated carbocycles. The first-order chi connectivity index (χ1) is 12.3. The topological polar surface area (TPSA) is 97.2 Å². The van der Waals surface area contributed by atoms with Crippen molar-refractivity contribution in [2.24, 2.45) is 0 Å². The van der Waals surface area contributed by atoms with Crippen molar-refractivity contribution in [1.82, 2.24) is 10.3 Å². The zero-order chi connectivity index (χ0) is 18.8. The Balaban J connectivity index is 1.73. The van der Waals surface area contributed by atoms with Crippen LogP contribution in [0.4, 0.5) is 10.8 Å². The number of nitro benzene ring substituents is 1. The summed E-state index contributed by atoms with van der Waals surface area (Å²) in [5, 5.41) is 17.1. The van der Waals surface area contributed by atoms with E-state index < -0.39 is 10.8 Å². The minimum Gasteiger partial charge on any atom is -0.308 e. The molecule has 7 nitrogen and oxygen atoms in total. The number of anilines is 1. The largest absolute Gasteiger partial charge is 0.308 e. The molecular weight excluding hydrogens is 419 g/mol. The number of carbonyl (C=O) groups is 1. The van der Waals surface area contributed by atoms with Gasteiger partial charge in [-0.2, -0.15) is 0 Å². The molecule has 0 spiro atoms. The minimum atomic E-state index is -0.522. The Hall–Kier alpha value is -2.33. The fourth-order valence-electron chi connectivity index (χ4n) is 2.05. The maximum atomic E-state index is 12.2. The van der Waals surface area contributed by atoms with E-state index in [2.05, 4.69) is 15.6 Å². The highest BCUT2D eigenvalue weighted by atomic mass is 35.5. The number of halogens is 2. The number of non-ortho nitro benzene ring substituents is 1. The standard InChI is InChI=1S/C15H8Cl2N4O3S2/c16-7-1-3-10(17)9(5-7)13(22)19-14(25)20-15-18-11-4-2-8(21(23)24)6-12(11)26-15/h1-6H,(H2,18,19,20,22,25). The van der Waals surface area contributed by atoms with Crippen LogP contribution in [0.5, 0.6) is 0 Å². The molecule has 2 N–H and O–H groups in total. The van der Waals surface area contributed by atoms with Crippen LogP contribution in [-0.2, 0) is 0 Å². The van der Waals surface area contributed by atoms with Crippen LogP contribution >= 0.6 is 46.8 Å². The molecule has 0 unspecified atom stereocenters. The molecule has 0 aliphatic heterocycles. The highest BCUT2D eigenvalue weighted by Gasteiger charge is 2.14. The smallest absolute Gasteiger partial charge is 0.270 e. The Labute approximate surface area is 166 Å². The number of amides is 1. The second-order valence-electron chi connectivity index (χ2n) is 4.96. The van der Waals surface area contributed by atoms with Crippen molar-refractivity contribution in [3.63, 3.8) is 0 Å². The van der Waals surface area contributed by atoms with E-state index in [1.54, 1.807) is 12.1 Å². The van der Waals surface area contributed by atoms with Gasteiger partial charge in [0.15, 0.2) is 10.2 Å². The first-order valence-electron chi connectivity index (χ1n) is 6.96. The van der Waals surface area contributed by atoms with Crippen molar-refractivity contribution in [1.29, 1.82) is 0 Å². The Morgan fingerprint density at radius 2 is 2.00 bits per heavy atom. The molecule has 132 valence electrons. The number of nitro groups is 1. The summed E-state index contributed by atoms with van der Waals surface area (Å²) in [6.45, 7) is 0. The van der Waals surface area contributed by atoms with E-state index in [0.29, 0.717) is 20.4 Å². The quantitative estimate of drug-likeness (QED) is 0.359. The Kier molecular flexibility index (Phi) is 5.33. The van der Waals surface area contributed by atoms with E-state index in [1.807, 2.05) is 0 Å². The molecule has 0 radical (unpaired) electrons. The molecule has 0 atom stereocenters. The number of hydrogen-bond donors (Lipinski definition) is 2. The van der Waals surface area contributed by atoms with Gasteiger partial charge in [-0.3, -0.25) is 20.2 Å². The lowest BCUT2D eigenvalue weighted by molar-refractivity contribution is -0.384. The summed E-state index contributed by atoms with van der Waals surface area (Å²) in [5.74, 6) is -0.522. The summed E-state index contributed by atoms with van der Waals surface area (Å²) in [6.07, 6.45) is 0. The molecule has 26 heavy (non-hydrogen) atoms. The first-order valence-corrected chi connectivity index (χ1v) is 8.94. The molecule has 11 heteroatoms. The number of hydrogen-bond acceptors (Lipinski definition) is 6. The van der Waals surface area contributed by atoms with Gasteiger partial charge < -0.3 is 5.32 Å². The molecule has 1 aromatic heterocycles. The molecule has 2 aromatic carbocycles. The van der Waals surface area contributed by atoms with Crippen LogP contribution in [0.15, 0.2) is 36.4 Å². The number of thiazole rings is 1. The fourth-order valence-corrected chi connectivity index (χ4v) is 3.58. The number of fused-ring (bicyclic) bond motifs is 1. The highest BCUT2D eigenvalue weighted by Crippen LogP contribution is 2.29. The molecule has 0 bridgehead atoms. The lowest BCUT2D eigenvalue weighted by Crippen LogP contribution is -2.34. The molecule has 1 amide bonds. The average Bonchev–Trinajstić information content (AvgIpc) is 2.97. The van der Waals surface area contributed by atoms with E-state index >= 15 is 0 Å². The number of carbonyl (C=O) groups excluding carboxylic acids is 1. The van der Waals surface area contributed by atoms with Gasteiger partial charge in [0, 0.05) is 17.2 Å². The predicted molar refractivity (Wildman–Crippen MR) is 106 cm³/mol. The summed E-state index contributed by atoms with van der Waals surface area (Å²) < 4.78 is 0.619. The second kappa shape index (κ2) is 7.50. The normalized spacial score (nSPS) is 10.5. The Morgan fingerprint density at radius 3 is 2.73 bits per heavy atom. The summed E-state index contributed by atoms with van der Waals surface area (Å²) in [4.78, 5) is 26.8. The maximum Gasteiger partial charge on any atom is 0.270 e. The monoisotopic (exact) mass is 426 g/mol. The summed E-state index contributed by atoms with van der Waals surface area (Å²) in [7, 11) is 0. The molecule has 3 aromatic rings. The van der Waals surface area contributed by atoms with Gasteiger partial charge in [-0.25, -0.2) is 4.98 Å². The summed E-state index contributed by atoms with van der Waals surface area (Å²) in [5.41, 5.74) is 0.734. The van der Waals surface area contributed by atoms with Crippen LogP contribution < -0.4 is 10.6 Å². The molecule has 0 aliphatic rings.